The molecule has 0 amide bonds. The molecule has 0 radical (unpaired) electrons. The maximum Gasteiger partial charge on any atom is 0.149 e. The van der Waals surface area contributed by atoms with Crippen molar-refractivity contribution >= 4 is 16.6 Å². The van der Waals surface area contributed by atoms with Crippen molar-refractivity contribution < 1.29 is 9.00 Å². The molecule has 1 aliphatic rings. The van der Waals surface area contributed by atoms with Gasteiger partial charge in [-0.2, -0.15) is 0 Å². The Labute approximate surface area is 104 Å². The first-order valence-corrected chi connectivity index (χ1v) is 7.05. The standard InChI is InChI=1S/C14H16O2S/c1-11-7-9-12(10-8-11)17(16)14-6-4-2-3-5-13(14)15/h2,4,7-10,14H,3,5-6H2,1H3/t14-,17?/m0/s1. The fraction of sp³-hybridized carbons (Fsp3) is 0.357. The van der Waals surface area contributed by atoms with Crippen molar-refractivity contribution in [2.24, 2.45) is 0 Å². The highest BCUT2D eigenvalue weighted by atomic mass is 32.2. The maximum atomic E-state index is 12.3. The van der Waals surface area contributed by atoms with Crippen LogP contribution in [0.2, 0.25) is 0 Å². The van der Waals surface area contributed by atoms with Gasteiger partial charge in [0.25, 0.3) is 0 Å². The zero-order valence-electron chi connectivity index (χ0n) is 9.89. The molecular formula is C14H16O2S. The minimum Gasteiger partial charge on any atom is -0.298 e. The van der Waals surface area contributed by atoms with Gasteiger partial charge in [-0.1, -0.05) is 29.8 Å². The average Bonchev–Trinajstić information content (AvgIpc) is 2.54. The first-order valence-electron chi connectivity index (χ1n) is 5.83. The molecule has 0 saturated heterocycles. The molecule has 2 rings (SSSR count). The summed E-state index contributed by atoms with van der Waals surface area (Å²) in [5.74, 6) is 0.119. The fourth-order valence-corrected chi connectivity index (χ4v) is 3.27. The highest BCUT2D eigenvalue weighted by molar-refractivity contribution is 7.86. The summed E-state index contributed by atoms with van der Waals surface area (Å²) < 4.78 is 12.3. The normalized spacial score (nSPS) is 22.2. The van der Waals surface area contributed by atoms with E-state index in [-0.39, 0.29) is 11.0 Å². The van der Waals surface area contributed by atoms with Crippen LogP contribution in [0.4, 0.5) is 0 Å². The molecule has 1 aromatic rings. The second kappa shape index (κ2) is 5.41. The summed E-state index contributed by atoms with van der Waals surface area (Å²) >= 11 is 0. The molecule has 0 aliphatic heterocycles. The van der Waals surface area contributed by atoms with E-state index in [1.165, 1.54) is 0 Å². The van der Waals surface area contributed by atoms with E-state index in [1.54, 1.807) is 0 Å². The minimum absolute atomic E-state index is 0.119. The van der Waals surface area contributed by atoms with Crippen LogP contribution in [0.5, 0.6) is 0 Å². The monoisotopic (exact) mass is 248 g/mol. The van der Waals surface area contributed by atoms with E-state index in [2.05, 4.69) is 0 Å². The topological polar surface area (TPSA) is 34.1 Å². The number of hydrogen-bond donors (Lipinski definition) is 0. The average molecular weight is 248 g/mol. The van der Waals surface area contributed by atoms with E-state index >= 15 is 0 Å². The number of hydrogen-bond acceptors (Lipinski definition) is 2. The number of Topliss-reactive ketones (excluding diaryl/α,β-unsaturated/α-hetero) is 1. The molecule has 1 unspecified atom stereocenters. The van der Waals surface area contributed by atoms with Gasteiger partial charge in [-0.3, -0.25) is 9.00 Å². The number of allylic oxidation sites excluding steroid dienone is 2. The number of carbonyl (C=O) groups is 1. The van der Waals surface area contributed by atoms with Gasteiger partial charge < -0.3 is 0 Å². The van der Waals surface area contributed by atoms with Gasteiger partial charge in [-0.15, -0.1) is 0 Å². The van der Waals surface area contributed by atoms with Crippen molar-refractivity contribution in [1.29, 1.82) is 0 Å². The number of ketones is 1. The third kappa shape index (κ3) is 2.91. The maximum absolute atomic E-state index is 12.3. The van der Waals surface area contributed by atoms with Crippen LogP contribution in [0.3, 0.4) is 0 Å². The van der Waals surface area contributed by atoms with Gasteiger partial charge in [0.1, 0.15) is 11.0 Å². The molecule has 1 aromatic carbocycles. The number of rotatable bonds is 2. The summed E-state index contributed by atoms with van der Waals surface area (Å²) in [6, 6.07) is 7.58. The van der Waals surface area contributed by atoms with Crippen molar-refractivity contribution in [3.8, 4) is 0 Å². The molecule has 0 N–H and O–H groups in total. The van der Waals surface area contributed by atoms with Crippen molar-refractivity contribution in [3.63, 3.8) is 0 Å². The Hall–Kier alpha value is -1.22. The Bertz CT molecular complexity index is 460. The predicted molar refractivity (Wildman–Crippen MR) is 69.4 cm³/mol. The lowest BCUT2D eigenvalue weighted by molar-refractivity contribution is -0.118. The quantitative estimate of drug-likeness (QED) is 0.754. The third-order valence-electron chi connectivity index (χ3n) is 2.95. The summed E-state index contributed by atoms with van der Waals surface area (Å²) in [6.07, 6.45) is 5.87. The molecule has 2 atom stereocenters. The van der Waals surface area contributed by atoms with Gasteiger partial charge in [0.2, 0.25) is 0 Å². The lowest BCUT2D eigenvalue weighted by Gasteiger charge is -2.12. The summed E-state index contributed by atoms with van der Waals surface area (Å²) in [7, 11) is -1.22. The second-order valence-electron chi connectivity index (χ2n) is 4.31. The summed E-state index contributed by atoms with van der Waals surface area (Å²) in [5, 5.41) is -0.364. The lowest BCUT2D eigenvalue weighted by Crippen LogP contribution is -2.24. The van der Waals surface area contributed by atoms with E-state index in [1.807, 2.05) is 43.3 Å². The van der Waals surface area contributed by atoms with E-state index in [9.17, 15) is 9.00 Å². The number of aryl methyl sites for hydroxylation is 1. The van der Waals surface area contributed by atoms with Crippen LogP contribution < -0.4 is 0 Å². The molecule has 3 heteroatoms. The van der Waals surface area contributed by atoms with E-state index < -0.39 is 10.8 Å². The van der Waals surface area contributed by atoms with Crippen molar-refractivity contribution in [2.75, 3.05) is 0 Å². The van der Waals surface area contributed by atoms with Crippen LogP contribution >= 0.6 is 0 Å². The molecule has 0 heterocycles. The van der Waals surface area contributed by atoms with Crippen LogP contribution in [-0.4, -0.2) is 15.2 Å². The Morgan fingerprint density at radius 1 is 1.18 bits per heavy atom. The first-order chi connectivity index (χ1) is 8.18. The lowest BCUT2D eigenvalue weighted by atomic mass is 10.2. The molecule has 17 heavy (non-hydrogen) atoms. The molecule has 0 aromatic heterocycles. The fourth-order valence-electron chi connectivity index (χ4n) is 1.90. The largest absolute Gasteiger partial charge is 0.298 e. The molecule has 1 aliphatic carbocycles. The van der Waals surface area contributed by atoms with Crippen molar-refractivity contribution in [1.82, 2.24) is 0 Å². The van der Waals surface area contributed by atoms with Crippen LogP contribution in [0.1, 0.15) is 24.8 Å². The van der Waals surface area contributed by atoms with Crippen LogP contribution in [0.25, 0.3) is 0 Å². The van der Waals surface area contributed by atoms with Gasteiger partial charge in [-0.05, 0) is 31.9 Å². The predicted octanol–water partition coefficient (Wildman–Crippen LogP) is 2.78. The summed E-state index contributed by atoms with van der Waals surface area (Å²) in [4.78, 5) is 12.6. The molecule has 2 nitrogen and oxygen atoms in total. The highest BCUT2D eigenvalue weighted by Crippen LogP contribution is 2.19. The Kier molecular flexibility index (Phi) is 3.89. The Morgan fingerprint density at radius 3 is 2.59 bits per heavy atom. The summed E-state index contributed by atoms with van der Waals surface area (Å²) in [6.45, 7) is 1.99. The van der Waals surface area contributed by atoms with E-state index in [0.29, 0.717) is 12.8 Å². The number of carbonyl (C=O) groups excluding carboxylic acids is 1. The third-order valence-corrected chi connectivity index (χ3v) is 4.65. The number of benzene rings is 1. The molecule has 0 fully saturated rings. The zero-order valence-corrected chi connectivity index (χ0v) is 10.7. The Balaban J connectivity index is 2.21. The van der Waals surface area contributed by atoms with Gasteiger partial charge in [0.05, 0.1) is 10.8 Å². The molecule has 0 spiro atoms. The van der Waals surface area contributed by atoms with Gasteiger partial charge >= 0.3 is 0 Å². The van der Waals surface area contributed by atoms with Gasteiger partial charge in [0.15, 0.2) is 0 Å². The van der Waals surface area contributed by atoms with Crippen LogP contribution in [0.15, 0.2) is 41.3 Å². The molecule has 0 bridgehead atoms. The van der Waals surface area contributed by atoms with E-state index in [4.69, 9.17) is 0 Å². The highest BCUT2D eigenvalue weighted by Gasteiger charge is 2.25. The molecular weight excluding hydrogens is 232 g/mol. The SMILES string of the molecule is Cc1ccc(S(=O)[C@H]2CC=CCCC2=O)cc1. The molecule has 90 valence electrons. The van der Waals surface area contributed by atoms with E-state index in [0.717, 1.165) is 16.9 Å². The van der Waals surface area contributed by atoms with Gasteiger partial charge in [-0.25, -0.2) is 0 Å². The van der Waals surface area contributed by atoms with Crippen molar-refractivity contribution in [3.05, 3.63) is 42.0 Å². The molecule has 0 saturated carbocycles. The smallest absolute Gasteiger partial charge is 0.149 e. The van der Waals surface area contributed by atoms with Crippen molar-refractivity contribution in [2.45, 2.75) is 36.3 Å². The van der Waals surface area contributed by atoms with Crippen LogP contribution in [-0.2, 0) is 15.6 Å². The van der Waals surface area contributed by atoms with Gasteiger partial charge in [0, 0.05) is 11.3 Å². The summed E-state index contributed by atoms with van der Waals surface area (Å²) in [5.41, 5.74) is 1.14. The first kappa shape index (κ1) is 12.2. The minimum atomic E-state index is -1.22. The Morgan fingerprint density at radius 2 is 1.88 bits per heavy atom. The second-order valence-corrected chi connectivity index (χ2v) is 5.95. The van der Waals surface area contributed by atoms with Crippen LogP contribution in [0, 0.1) is 6.92 Å². The zero-order chi connectivity index (χ0) is 12.3.